The third-order valence-electron chi connectivity index (χ3n) is 4.97. The first-order valence-corrected chi connectivity index (χ1v) is 8.46. The summed E-state index contributed by atoms with van der Waals surface area (Å²) in [4.78, 5) is 12.5. The molecule has 2 unspecified atom stereocenters. The second-order valence-electron chi connectivity index (χ2n) is 6.06. The van der Waals surface area contributed by atoms with Crippen LogP contribution in [0.5, 0.6) is 0 Å². The number of carbonyl (C=O) groups excluding carboxylic acids is 1. The fourth-order valence-corrected chi connectivity index (χ4v) is 6.11. The molecule has 2 aliphatic heterocycles. The lowest BCUT2D eigenvalue weighted by Gasteiger charge is -2.30. The minimum absolute atomic E-state index is 0.258. The predicted molar refractivity (Wildman–Crippen MR) is 69.3 cm³/mol. The van der Waals surface area contributed by atoms with Gasteiger partial charge in [0.25, 0.3) is 0 Å². The average molecular weight is 254 g/mol. The molecule has 3 fully saturated rings. The Morgan fingerprint density at radius 1 is 0.824 bits per heavy atom. The minimum Gasteiger partial charge on any atom is -0.299 e. The Kier molecular flexibility index (Phi) is 3.38. The molecule has 0 aromatic heterocycles. The van der Waals surface area contributed by atoms with Crippen molar-refractivity contribution in [2.24, 2.45) is 11.8 Å². The number of Topliss-reactive ketones (excluding diaryl/α,β-unsaturated/α-hetero) is 1. The van der Waals surface area contributed by atoms with Crippen molar-refractivity contribution in [2.75, 3.05) is 0 Å². The average Bonchev–Trinajstić information content (AvgIpc) is 2.61. The molecule has 0 spiro atoms. The molecule has 2 heterocycles. The SMILES string of the molecule is O=C(C1CCCCC1)C1CC2CCC(C1)S2=O. The summed E-state index contributed by atoms with van der Waals surface area (Å²) in [5, 5.41) is 0.706. The van der Waals surface area contributed by atoms with Gasteiger partial charge in [-0.25, -0.2) is 0 Å². The van der Waals surface area contributed by atoms with Gasteiger partial charge in [0, 0.05) is 33.1 Å². The van der Waals surface area contributed by atoms with Gasteiger partial charge in [0.05, 0.1) is 0 Å². The van der Waals surface area contributed by atoms with E-state index in [0.717, 1.165) is 38.5 Å². The molecule has 0 radical (unpaired) electrons. The maximum Gasteiger partial charge on any atom is 0.139 e. The van der Waals surface area contributed by atoms with E-state index in [1.54, 1.807) is 0 Å². The molecule has 1 aliphatic carbocycles. The topological polar surface area (TPSA) is 34.1 Å². The number of carbonyl (C=O) groups is 1. The molecule has 0 N–H and O–H groups in total. The highest BCUT2D eigenvalue weighted by atomic mass is 32.2. The van der Waals surface area contributed by atoms with Crippen LogP contribution in [0.1, 0.15) is 57.8 Å². The predicted octanol–water partition coefficient (Wildman–Crippen LogP) is 2.83. The number of fused-ring (bicyclic) bond motifs is 2. The first-order valence-electron chi connectivity index (χ1n) is 7.19. The van der Waals surface area contributed by atoms with E-state index in [2.05, 4.69) is 0 Å². The standard InChI is InChI=1S/C14H22O2S/c15-14(10-4-2-1-3-5-10)11-8-12-6-7-13(9-11)17(12)16/h10-13H,1-9H2. The Hall–Kier alpha value is -0.180. The van der Waals surface area contributed by atoms with Crippen LogP contribution in [0.25, 0.3) is 0 Å². The highest BCUT2D eigenvalue weighted by molar-refractivity contribution is 7.86. The van der Waals surface area contributed by atoms with Gasteiger partial charge in [-0.2, -0.15) is 0 Å². The van der Waals surface area contributed by atoms with E-state index >= 15 is 0 Å². The van der Waals surface area contributed by atoms with Crippen LogP contribution >= 0.6 is 0 Å². The van der Waals surface area contributed by atoms with Crippen LogP contribution in [0.4, 0.5) is 0 Å². The molecule has 2 nitrogen and oxygen atoms in total. The van der Waals surface area contributed by atoms with Crippen molar-refractivity contribution < 1.29 is 9.00 Å². The molecule has 2 bridgehead atoms. The Morgan fingerprint density at radius 2 is 1.41 bits per heavy atom. The molecule has 3 heteroatoms. The van der Waals surface area contributed by atoms with Crippen molar-refractivity contribution in [2.45, 2.75) is 68.3 Å². The minimum atomic E-state index is -0.613. The van der Waals surface area contributed by atoms with Gasteiger partial charge in [0.1, 0.15) is 5.78 Å². The van der Waals surface area contributed by atoms with E-state index in [4.69, 9.17) is 0 Å². The lowest BCUT2D eigenvalue weighted by Crippen LogP contribution is -2.35. The van der Waals surface area contributed by atoms with E-state index in [0.29, 0.717) is 22.2 Å². The van der Waals surface area contributed by atoms with E-state index in [-0.39, 0.29) is 5.92 Å². The summed E-state index contributed by atoms with van der Waals surface area (Å²) in [5.41, 5.74) is 0. The highest BCUT2D eigenvalue weighted by Gasteiger charge is 2.43. The number of hydrogen-bond acceptors (Lipinski definition) is 2. The van der Waals surface area contributed by atoms with Crippen LogP contribution in [0.2, 0.25) is 0 Å². The molecule has 2 saturated heterocycles. The first kappa shape index (κ1) is 11.9. The van der Waals surface area contributed by atoms with Gasteiger partial charge in [-0.05, 0) is 38.5 Å². The normalized spacial score (nSPS) is 42.6. The van der Waals surface area contributed by atoms with Gasteiger partial charge in [0.15, 0.2) is 0 Å². The summed E-state index contributed by atoms with van der Waals surface area (Å²) in [6, 6.07) is 0. The van der Waals surface area contributed by atoms with Crippen molar-refractivity contribution >= 4 is 16.6 Å². The molecule has 96 valence electrons. The van der Waals surface area contributed by atoms with Crippen LogP contribution in [-0.2, 0) is 15.6 Å². The second-order valence-corrected chi connectivity index (χ2v) is 8.05. The zero-order valence-electron chi connectivity index (χ0n) is 10.4. The summed E-state index contributed by atoms with van der Waals surface area (Å²) in [5.74, 6) is 1.13. The van der Waals surface area contributed by atoms with Gasteiger partial charge in [-0.1, -0.05) is 19.3 Å². The van der Waals surface area contributed by atoms with Crippen LogP contribution in [-0.4, -0.2) is 20.5 Å². The quantitative estimate of drug-likeness (QED) is 0.759. The highest BCUT2D eigenvalue weighted by Crippen LogP contribution is 2.41. The third kappa shape index (κ3) is 2.23. The molecule has 0 aromatic rings. The zero-order valence-corrected chi connectivity index (χ0v) is 11.2. The Labute approximate surface area is 106 Å². The second kappa shape index (κ2) is 4.83. The van der Waals surface area contributed by atoms with Crippen LogP contribution in [0.3, 0.4) is 0 Å². The van der Waals surface area contributed by atoms with Gasteiger partial charge in [-0.15, -0.1) is 0 Å². The van der Waals surface area contributed by atoms with Crippen molar-refractivity contribution in [1.29, 1.82) is 0 Å². The van der Waals surface area contributed by atoms with Crippen molar-refractivity contribution in [3.8, 4) is 0 Å². The van der Waals surface area contributed by atoms with E-state index in [1.807, 2.05) is 0 Å². The van der Waals surface area contributed by atoms with E-state index < -0.39 is 10.8 Å². The summed E-state index contributed by atoms with van der Waals surface area (Å²) in [7, 11) is -0.613. The van der Waals surface area contributed by atoms with Gasteiger partial charge in [-0.3, -0.25) is 9.00 Å². The van der Waals surface area contributed by atoms with E-state index in [9.17, 15) is 9.00 Å². The Bertz CT molecular complexity index is 317. The zero-order chi connectivity index (χ0) is 11.8. The monoisotopic (exact) mass is 254 g/mol. The molecular weight excluding hydrogens is 232 g/mol. The van der Waals surface area contributed by atoms with Crippen LogP contribution in [0, 0.1) is 11.8 Å². The number of hydrogen-bond donors (Lipinski definition) is 0. The molecular formula is C14H22O2S. The molecule has 2 atom stereocenters. The summed E-state index contributed by atoms with van der Waals surface area (Å²) < 4.78 is 11.9. The van der Waals surface area contributed by atoms with Crippen LogP contribution in [0.15, 0.2) is 0 Å². The Morgan fingerprint density at radius 3 is 2.00 bits per heavy atom. The summed E-state index contributed by atoms with van der Waals surface area (Å²) in [6.07, 6.45) is 10.1. The first-order chi connectivity index (χ1) is 8.25. The summed E-state index contributed by atoms with van der Waals surface area (Å²) in [6.45, 7) is 0. The molecule has 3 aliphatic rings. The fraction of sp³-hybridized carbons (Fsp3) is 0.929. The molecule has 0 amide bonds. The lowest BCUT2D eigenvalue weighted by molar-refractivity contribution is -0.128. The van der Waals surface area contributed by atoms with Crippen LogP contribution < -0.4 is 0 Å². The maximum atomic E-state index is 12.5. The molecule has 17 heavy (non-hydrogen) atoms. The smallest absolute Gasteiger partial charge is 0.139 e. The molecule has 0 aromatic carbocycles. The van der Waals surface area contributed by atoms with Crippen molar-refractivity contribution in [1.82, 2.24) is 0 Å². The van der Waals surface area contributed by atoms with Crippen molar-refractivity contribution in [3.05, 3.63) is 0 Å². The van der Waals surface area contributed by atoms with Gasteiger partial charge < -0.3 is 0 Å². The lowest BCUT2D eigenvalue weighted by atomic mass is 9.79. The number of rotatable bonds is 2. The molecule has 3 rings (SSSR count). The van der Waals surface area contributed by atoms with Gasteiger partial charge in [0.2, 0.25) is 0 Å². The van der Waals surface area contributed by atoms with Gasteiger partial charge >= 0.3 is 0 Å². The largest absolute Gasteiger partial charge is 0.299 e. The van der Waals surface area contributed by atoms with Crippen molar-refractivity contribution in [3.63, 3.8) is 0 Å². The van der Waals surface area contributed by atoms with E-state index in [1.165, 1.54) is 19.3 Å². The third-order valence-corrected chi connectivity index (χ3v) is 7.14. The fourth-order valence-electron chi connectivity index (χ4n) is 3.99. The maximum absolute atomic E-state index is 12.5. The number of ketones is 1. The summed E-state index contributed by atoms with van der Waals surface area (Å²) >= 11 is 0. The molecule has 1 saturated carbocycles. The Balaban J connectivity index is 1.65.